The molecule has 0 aliphatic heterocycles. The molecule has 0 atom stereocenters. The molecule has 0 aliphatic rings. The molecule has 20 heavy (non-hydrogen) atoms. The standard InChI is InChI=1S/C12H12N4O4/c17-9(20-7-8-4-2-1-3-5-8)6-13-10-11(18)14-12(19)16-15-10/h1-5H,6-7H2,(H,13,15)(H2,14,16,18,19). The van der Waals surface area contributed by atoms with Crippen LogP contribution in [0.5, 0.6) is 0 Å². The predicted molar refractivity (Wildman–Crippen MR) is 70.2 cm³/mol. The van der Waals surface area contributed by atoms with Crippen LogP contribution in [0.25, 0.3) is 0 Å². The molecule has 8 heteroatoms. The van der Waals surface area contributed by atoms with Crippen LogP contribution in [0.4, 0.5) is 5.82 Å². The largest absolute Gasteiger partial charge is 0.460 e. The number of esters is 1. The first-order chi connectivity index (χ1) is 9.65. The minimum atomic E-state index is -0.716. The lowest BCUT2D eigenvalue weighted by molar-refractivity contribution is -0.142. The number of hydrogen-bond donors (Lipinski definition) is 3. The number of carbonyl (C=O) groups is 1. The number of nitrogens with one attached hydrogen (secondary N) is 3. The minimum absolute atomic E-state index is 0.150. The Labute approximate surface area is 112 Å². The van der Waals surface area contributed by atoms with Gasteiger partial charge in [-0.3, -0.25) is 14.6 Å². The highest BCUT2D eigenvalue weighted by Gasteiger charge is 2.06. The summed E-state index contributed by atoms with van der Waals surface area (Å²) < 4.78 is 5.00. The molecule has 0 unspecified atom stereocenters. The van der Waals surface area contributed by atoms with Crippen molar-refractivity contribution < 1.29 is 9.53 Å². The summed E-state index contributed by atoms with van der Waals surface area (Å²) in [5, 5.41) is 7.99. The first-order valence-electron chi connectivity index (χ1n) is 5.77. The fourth-order valence-electron chi connectivity index (χ4n) is 1.41. The molecule has 0 fully saturated rings. The van der Waals surface area contributed by atoms with Crippen molar-refractivity contribution in [3.63, 3.8) is 0 Å². The molecule has 2 rings (SSSR count). The lowest BCUT2D eigenvalue weighted by Crippen LogP contribution is -2.29. The number of ether oxygens (including phenoxy) is 1. The van der Waals surface area contributed by atoms with Gasteiger partial charge >= 0.3 is 11.7 Å². The van der Waals surface area contributed by atoms with Crippen LogP contribution in [0.3, 0.4) is 0 Å². The van der Waals surface area contributed by atoms with E-state index in [0.717, 1.165) is 5.56 Å². The van der Waals surface area contributed by atoms with Gasteiger partial charge in [0.25, 0.3) is 5.56 Å². The summed E-state index contributed by atoms with van der Waals surface area (Å²) in [6.07, 6.45) is 0. The zero-order chi connectivity index (χ0) is 14.4. The highest BCUT2D eigenvalue weighted by Crippen LogP contribution is 2.00. The summed E-state index contributed by atoms with van der Waals surface area (Å²) in [5.41, 5.74) is -0.558. The van der Waals surface area contributed by atoms with Crippen LogP contribution in [-0.4, -0.2) is 27.7 Å². The van der Waals surface area contributed by atoms with Crippen molar-refractivity contribution in [3.8, 4) is 0 Å². The predicted octanol–water partition coefficient (Wildman–Crippen LogP) is -0.386. The average molecular weight is 276 g/mol. The molecule has 0 saturated carbocycles. The van der Waals surface area contributed by atoms with Crippen LogP contribution in [0.2, 0.25) is 0 Å². The van der Waals surface area contributed by atoms with Crippen LogP contribution in [-0.2, 0) is 16.1 Å². The van der Waals surface area contributed by atoms with Gasteiger partial charge in [0.1, 0.15) is 13.2 Å². The Morgan fingerprint density at radius 3 is 2.70 bits per heavy atom. The second kappa shape index (κ2) is 6.32. The maximum absolute atomic E-state index is 11.5. The molecule has 0 bridgehead atoms. The second-order valence-corrected chi connectivity index (χ2v) is 3.86. The molecule has 1 aromatic carbocycles. The maximum Gasteiger partial charge on any atom is 0.342 e. The molecular weight excluding hydrogens is 264 g/mol. The number of aromatic amines is 2. The van der Waals surface area contributed by atoms with Crippen LogP contribution >= 0.6 is 0 Å². The fraction of sp³-hybridized carbons (Fsp3) is 0.167. The van der Waals surface area contributed by atoms with Crippen LogP contribution in [0.15, 0.2) is 39.9 Å². The SMILES string of the molecule is O=C(CNc1n[nH]c(=O)[nH]c1=O)OCc1ccccc1. The molecule has 1 aromatic heterocycles. The molecule has 8 nitrogen and oxygen atoms in total. The Morgan fingerprint density at radius 2 is 2.00 bits per heavy atom. The van der Waals surface area contributed by atoms with Gasteiger partial charge in [-0.2, -0.15) is 0 Å². The van der Waals surface area contributed by atoms with E-state index < -0.39 is 17.2 Å². The Hall–Kier alpha value is -2.90. The third-order valence-corrected chi connectivity index (χ3v) is 2.35. The van der Waals surface area contributed by atoms with Gasteiger partial charge in [-0.05, 0) is 5.56 Å². The van der Waals surface area contributed by atoms with E-state index in [1.807, 2.05) is 40.4 Å². The highest BCUT2D eigenvalue weighted by molar-refractivity contribution is 5.74. The van der Waals surface area contributed by atoms with Gasteiger partial charge in [-0.15, -0.1) is 5.10 Å². The maximum atomic E-state index is 11.5. The smallest absolute Gasteiger partial charge is 0.342 e. The lowest BCUT2D eigenvalue weighted by atomic mass is 10.2. The van der Waals surface area contributed by atoms with E-state index >= 15 is 0 Å². The van der Waals surface area contributed by atoms with Crippen LogP contribution < -0.4 is 16.6 Å². The van der Waals surface area contributed by atoms with Crippen LogP contribution in [0, 0.1) is 0 Å². The number of benzene rings is 1. The molecule has 0 radical (unpaired) electrons. The average Bonchev–Trinajstić information content (AvgIpc) is 2.45. The van der Waals surface area contributed by atoms with E-state index in [2.05, 4.69) is 10.4 Å². The molecule has 0 spiro atoms. The fourth-order valence-corrected chi connectivity index (χ4v) is 1.41. The number of hydrogen-bond acceptors (Lipinski definition) is 6. The van der Waals surface area contributed by atoms with Crippen molar-refractivity contribution in [2.24, 2.45) is 0 Å². The Kier molecular flexibility index (Phi) is 4.28. The lowest BCUT2D eigenvalue weighted by Gasteiger charge is -2.05. The number of aromatic nitrogens is 3. The Morgan fingerprint density at radius 1 is 1.25 bits per heavy atom. The van der Waals surface area contributed by atoms with Crippen LogP contribution in [0.1, 0.15) is 5.56 Å². The van der Waals surface area contributed by atoms with Gasteiger partial charge in [0.05, 0.1) is 0 Å². The van der Waals surface area contributed by atoms with Gasteiger partial charge in [0.15, 0.2) is 0 Å². The number of carbonyl (C=O) groups excluding carboxylic acids is 1. The summed E-state index contributed by atoms with van der Waals surface area (Å²) in [6, 6.07) is 9.20. The Balaban J connectivity index is 1.83. The molecule has 0 aliphatic carbocycles. The van der Waals surface area contributed by atoms with Crippen molar-refractivity contribution >= 4 is 11.8 Å². The quantitative estimate of drug-likeness (QED) is 0.640. The van der Waals surface area contributed by atoms with Crippen molar-refractivity contribution in [2.75, 3.05) is 11.9 Å². The topological polar surface area (TPSA) is 117 Å². The number of H-pyrrole nitrogens is 2. The van der Waals surface area contributed by atoms with E-state index in [0.29, 0.717) is 0 Å². The molecule has 104 valence electrons. The summed E-state index contributed by atoms with van der Waals surface area (Å²) >= 11 is 0. The van der Waals surface area contributed by atoms with Crippen molar-refractivity contribution in [1.29, 1.82) is 0 Å². The zero-order valence-corrected chi connectivity index (χ0v) is 10.4. The first-order valence-corrected chi connectivity index (χ1v) is 5.77. The summed E-state index contributed by atoms with van der Waals surface area (Å²) in [4.78, 5) is 35.5. The third-order valence-electron chi connectivity index (χ3n) is 2.35. The summed E-state index contributed by atoms with van der Waals surface area (Å²) in [5.74, 6) is -0.692. The number of nitrogens with zero attached hydrogens (tertiary/aromatic N) is 1. The van der Waals surface area contributed by atoms with E-state index in [-0.39, 0.29) is 19.0 Å². The monoisotopic (exact) mass is 276 g/mol. The summed E-state index contributed by atoms with van der Waals surface area (Å²) in [7, 11) is 0. The normalized spacial score (nSPS) is 10.0. The van der Waals surface area contributed by atoms with Gasteiger partial charge in [0, 0.05) is 0 Å². The van der Waals surface area contributed by atoms with Gasteiger partial charge in [-0.1, -0.05) is 30.3 Å². The van der Waals surface area contributed by atoms with Crippen molar-refractivity contribution in [3.05, 3.63) is 56.7 Å². The molecular formula is C12H12N4O4. The first kappa shape index (κ1) is 13.5. The van der Waals surface area contributed by atoms with Crippen molar-refractivity contribution in [1.82, 2.24) is 15.2 Å². The number of rotatable bonds is 5. The third kappa shape index (κ3) is 3.80. The molecule has 1 heterocycles. The zero-order valence-electron chi connectivity index (χ0n) is 10.4. The van der Waals surface area contributed by atoms with E-state index in [4.69, 9.17) is 4.74 Å². The van der Waals surface area contributed by atoms with Gasteiger partial charge in [0.2, 0.25) is 5.82 Å². The Bertz CT molecular complexity index is 692. The van der Waals surface area contributed by atoms with Crippen molar-refractivity contribution in [2.45, 2.75) is 6.61 Å². The molecule has 2 aromatic rings. The minimum Gasteiger partial charge on any atom is -0.460 e. The molecule has 0 amide bonds. The van der Waals surface area contributed by atoms with E-state index in [1.54, 1.807) is 0 Å². The molecule has 3 N–H and O–H groups in total. The molecule has 0 saturated heterocycles. The van der Waals surface area contributed by atoms with Gasteiger partial charge in [-0.25, -0.2) is 9.89 Å². The van der Waals surface area contributed by atoms with E-state index in [1.165, 1.54) is 0 Å². The summed E-state index contributed by atoms with van der Waals surface area (Å²) in [6.45, 7) is -0.0777. The second-order valence-electron chi connectivity index (χ2n) is 3.86. The number of anilines is 1. The van der Waals surface area contributed by atoms with Gasteiger partial charge < -0.3 is 10.1 Å². The highest BCUT2D eigenvalue weighted by atomic mass is 16.5. The van der Waals surface area contributed by atoms with E-state index in [9.17, 15) is 14.4 Å².